The number of likely N-dealkylation sites (tertiary alicyclic amines) is 1. The van der Waals surface area contributed by atoms with Gasteiger partial charge in [0, 0.05) is 23.2 Å². The molecule has 1 saturated heterocycles. The van der Waals surface area contributed by atoms with Gasteiger partial charge in [0.15, 0.2) is 5.76 Å². The molecule has 36 heavy (non-hydrogen) atoms. The predicted octanol–water partition coefficient (Wildman–Crippen LogP) is 5.36. The zero-order chi connectivity index (χ0) is 25.3. The minimum atomic E-state index is -4.42. The van der Waals surface area contributed by atoms with E-state index >= 15 is 0 Å². The number of nitrogens with one attached hydrogen (secondary N) is 2. The Morgan fingerprint density at radius 2 is 2.00 bits per heavy atom. The lowest BCUT2D eigenvalue weighted by atomic mass is 10.0. The van der Waals surface area contributed by atoms with Crippen LogP contribution in [0.25, 0.3) is 22.3 Å². The van der Waals surface area contributed by atoms with Crippen LogP contribution in [0.15, 0.2) is 52.4 Å². The minimum Gasteiger partial charge on any atom is -0.382 e. The highest BCUT2D eigenvalue weighted by molar-refractivity contribution is 7.12. The topological polar surface area (TPSA) is 75.3 Å². The molecule has 1 aliphatic rings. The number of aromatic nitrogens is 2. The second kappa shape index (κ2) is 9.98. The smallest absolute Gasteiger partial charge is 0.382 e. The fourth-order valence-electron chi connectivity index (χ4n) is 4.52. The molecule has 1 amide bonds. The van der Waals surface area contributed by atoms with Crippen molar-refractivity contribution in [2.45, 2.75) is 38.1 Å². The summed E-state index contributed by atoms with van der Waals surface area (Å²) in [6.07, 6.45) is -2.49. The van der Waals surface area contributed by atoms with Gasteiger partial charge in [-0.3, -0.25) is 4.79 Å². The Hall–Kier alpha value is -3.31. The molecule has 1 fully saturated rings. The first-order valence-corrected chi connectivity index (χ1v) is 12.6. The minimum absolute atomic E-state index is 0.0756. The standard InChI is InChI=1S/C25H26F3N5O2S/c1-32-9-7-16(8-10-32)30-19-4-2-5-21-18(19)13-22(33(21)15-25(26,27)28)20-12-17(35-31-20)14-29-24(34)23-6-3-11-36-23/h2-6,11-13,16,30H,7-10,14-15H2,1H3,(H,29,34). The van der Waals surface area contributed by atoms with Crippen molar-refractivity contribution in [3.05, 3.63) is 58.5 Å². The second-order valence-corrected chi connectivity index (χ2v) is 9.98. The number of benzene rings is 1. The van der Waals surface area contributed by atoms with Gasteiger partial charge in [-0.15, -0.1) is 11.3 Å². The number of nitrogens with zero attached hydrogens (tertiary/aromatic N) is 3. The predicted molar refractivity (Wildman–Crippen MR) is 133 cm³/mol. The molecule has 4 aromatic rings. The molecule has 1 aromatic carbocycles. The van der Waals surface area contributed by atoms with Crippen molar-refractivity contribution in [1.29, 1.82) is 0 Å². The highest BCUT2D eigenvalue weighted by atomic mass is 32.1. The third-order valence-corrected chi connectivity index (χ3v) is 7.22. The maximum atomic E-state index is 13.6. The second-order valence-electron chi connectivity index (χ2n) is 9.03. The van der Waals surface area contributed by atoms with Gasteiger partial charge >= 0.3 is 6.18 Å². The van der Waals surface area contributed by atoms with Gasteiger partial charge in [-0.25, -0.2) is 0 Å². The number of piperidine rings is 1. The highest BCUT2D eigenvalue weighted by Crippen LogP contribution is 2.35. The van der Waals surface area contributed by atoms with Gasteiger partial charge in [-0.2, -0.15) is 13.2 Å². The lowest BCUT2D eigenvalue weighted by Crippen LogP contribution is -2.36. The van der Waals surface area contributed by atoms with Crippen molar-refractivity contribution in [3.63, 3.8) is 0 Å². The Bertz CT molecular complexity index is 1340. The summed E-state index contributed by atoms with van der Waals surface area (Å²) < 4.78 is 47.3. The molecule has 0 aliphatic carbocycles. The average Bonchev–Trinajstić information content (AvgIpc) is 3.59. The van der Waals surface area contributed by atoms with E-state index in [1.807, 2.05) is 6.07 Å². The molecule has 0 atom stereocenters. The number of hydrogen-bond donors (Lipinski definition) is 2. The first-order valence-electron chi connectivity index (χ1n) is 11.7. The van der Waals surface area contributed by atoms with Crippen LogP contribution in [0.4, 0.5) is 18.9 Å². The number of carbonyl (C=O) groups is 1. The zero-order valence-electron chi connectivity index (χ0n) is 19.6. The van der Waals surface area contributed by atoms with Crippen molar-refractivity contribution in [2.24, 2.45) is 0 Å². The van der Waals surface area contributed by atoms with Crippen LogP contribution in [0.1, 0.15) is 28.3 Å². The van der Waals surface area contributed by atoms with E-state index in [1.54, 1.807) is 41.8 Å². The summed E-state index contributed by atoms with van der Waals surface area (Å²) in [7, 11) is 2.08. The van der Waals surface area contributed by atoms with Gasteiger partial charge in [0.2, 0.25) is 0 Å². The van der Waals surface area contributed by atoms with Crippen LogP contribution in [-0.2, 0) is 13.1 Å². The van der Waals surface area contributed by atoms with E-state index in [-0.39, 0.29) is 24.2 Å². The van der Waals surface area contributed by atoms with Gasteiger partial charge in [-0.05, 0) is 62.6 Å². The van der Waals surface area contributed by atoms with Crippen LogP contribution in [0, 0.1) is 0 Å². The van der Waals surface area contributed by atoms with Crippen molar-refractivity contribution >= 4 is 33.8 Å². The van der Waals surface area contributed by atoms with Gasteiger partial charge in [0.05, 0.1) is 22.6 Å². The number of halogens is 3. The van der Waals surface area contributed by atoms with E-state index in [4.69, 9.17) is 4.52 Å². The molecule has 0 unspecified atom stereocenters. The summed E-state index contributed by atoms with van der Waals surface area (Å²) in [5.41, 5.74) is 1.85. The Labute approximate surface area is 209 Å². The van der Waals surface area contributed by atoms with E-state index in [0.717, 1.165) is 31.6 Å². The van der Waals surface area contributed by atoms with Crippen LogP contribution >= 0.6 is 11.3 Å². The summed E-state index contributed by atoms with van der Waals surface area (Å²) in [5.74, 6) is 0.0992. The van der Waals surface area contributed by atoms with Crippen LogP contribution in [-0.4, -0.2) is 52.9 Å². The number of fused-ring (bicyclic) bond motifs is 1. The molecule has 3 aromatic heterocycles. The Morgan fingerprint density at radius 1 is 1.19 bits per heavy atom. The fourth-order valence-corrected chi connectivity index (χ4v) is 5.16. The third-order valence-electron chi connectivity index (χ3n) is 6.35. The van der Waals surface area contributed by atoms with Crippen LogP contribution < -0.4 is 10.6 Å². The molecule has 1 aliphatic heterocycles. The Morgan fingerprint density at radius 3 is 2.72 bits per heavy atom. The monoisotopic (exact) mass is 517 g/mol. The fraction of sp³-hybridized carbons (Fsp3) is 0.360. The third kappa shape index (κ3) is 5.41. The molecule has 4 heterocycles. The summed E-state index contributed by atoms with van der Waals surface area (Å²) in [4.78, 5) is 15.0. The average molecular weight is 518 g/mol. The van der Waals surface area contributed by atoms with Crippen LogP contribution in [0.2, 0.25) is 0 Å². The largest absolute Gasteiger partial charge is 0.406 e. The highest BCUT2D eigenvalue weighted by Gasteiger charge is 2.31. The van der Waals surface area contributed by atoms with E-state index in [0.29, 0.717) is 27.2 Å². The molecular weight excluding hydrogens is 491 g/mol. The molecule has 7 nitrogen and oxygen atoms in total. The Kier molecular flexibility index (Phi) is 6.76. The van der Waals surface area contributed by atoms with Gasteiger partial charge < -0.3 is 24.6 Å². The van der Waals surface area contributed by atoms with Gasteiger partial charge in [0.1, 0.15) is 12.2 Å². The number of anilines is 1. The van der Waals surface area contributed by atoms with Gasteiger partial charge in [0.25, 0.3) is 5.91 Å². The summed E-state index contributed by atoms with van der Waals surface area (Å²) in [6, 6.07) is 12.4. The zero-order valence-corrected chi connectivity index (χ0v) is 20.5. The molecule has 0 saturated carbocycles. The lowest BCUT2D eigenvalue weighted by Gasteiger charge is -2.30. The van der Waals surface area contributed by atoms with Crippen molar-refractivity contribution < 1.29 is 22.5 Å². The van der Waals surface area contributed by atoms with Crippen molar-refractivity contribution in [2.75, 3.05) is 25.5 Å². The number of rotatable bonds is 7. The van der Waals surface area contributed by atoms with E-state index in [1.165, 1.54) is 15.9 Å². The SMILES string of the molecule is CN1CCC(Nc2cccc3c2cc(-c2cc(CNC(=O)c4cccs4)on2)n3CC(F)(F)F)CC1. The molecular formula is C25H26F3N5O2S. The van der Waals surface area contributed by atoms with E-state index in [9.17, 15) is 18.0 Å². The van der Waals surface area contributed by atoms with E-state index < -0.39 is 12.7 Å². The normalized spacial score (nSPS) is 15.4. The quantitative estimate of drug-likeness (QED) is 0.345. The van der Waals surface area contributed by atoms with Crippen LogP contribution in [0.5, 0.6) is 0 Å². The van der Waals surface area contributed by atoms with Crippen LogP contribution in [0.3, 0.4) is 0 Å². The number of amides is 1. The summed E-state index contributed by atoms with van der Waals surface area (Å²) in [5, 5.41) is 12.8. The maximum absolute atomic E-state index is 13.6. The maximum Gasteiger partial charge on any atom is 0.406 e. The first kappa shape index (κ1) is 24.4. The van der Waals surface area contributed by atoms with Crippen molar-refractivity contribution in [3.8, 4) is 11.4 Å². The summed E-state index contributed by atoms with van der Waals surface area (Å²) in [6.45, 7) is 0.865. The molecule has 5 rings (SSSR count). The molecule has 0 bridgehead atoms. The van der Waals surface area contributed by atoms with Crippen molar-refractivity contribution in [1.82, 2.24) is 19.9 Å². The number of hydrogen-bond acceptors (Lipinski definition) is 6. The molecule has 0 spiro atoms. The Balaban J connectivity index is 1.43. The molecule has 11 heteroatoms. The molecule has 0 radical (unpaired) electrons. The molecule has 190 valence electrons. The number of carbonyl (C=O) groups excluding carboxylic acids is 1. The summed E-state index contributed by atoms with van der Waals surface area (Å²) >= 11 is 1.32. The van der Waals surface area contributed by atoms with Gasteiger partial charge in [-0.1, -0.05) is 17.3 Å². The van der Waals surface area contributed by atoms with E-state index in [2.05, 4.69) is 27.7 Å². The first-order chi connectivity index (χ1) is 17.3. The number of alkyl halides is 3. The molecule has 2 N–H and O–H groups in total. The number of thiophene rings is 1. The lowest BCUT2D eigenvalue weighted by molar-refractivity contribution is -0.139.